The number of para-hydroxylation sites is 1. The van der Waals surface area contributed by atoms with Crippen LogP contribution in [0, 0.1) is 0 Å². The number of amides is 3. The molecule has 0 aliphatic heterocycles. The predicted octanol–water partition coefficient (Wildman–Crippen LogP) is 3.27. The van der Waals surface area contributed by atoms with E-state index in [1.807, 2.05) is 60.7 Å². The monoisotopic (exact) mass is 404 g/mol. The van der Waals surface area contributed by atoms with E-state index in [2.05, 4.69) is 20.9 Å². The Hall–Kier alpha value is -3.87. The van der Waals surface area contributed by atoms with Crippen LogP contribution < -0.4 is 20.7 Å². The highest BCUT2D eigenvalue weighted by molar-refractivity contribution is 5.91. The molecule has 0 bridgehead atoms. The molecular formula is C23H24N4O3. The zero-order valence-corrected chi connectivity index (χ0v) is 16.7. The molecule has 0 unspecified atom stereocenters. The Morgan fingerprint density at radius 2 is 1.83 bits per heavy atom. The largest absolute Gasteiger partial charge is 0.487 e. The minimum absolute atomic E-state index is 0.118. The number of aromatic nitrogens is 1. The van der Waals surface area contributed by atoms with Crippen LogP contribution in [0.3, 0.4) is 0 Å². The zero-order valence-electron chi connectivity index (χ0n) is 16.7. The lowest BCUT2D eigenvalue weighted by Gasteiger charge is -2.12. The number of hydrogen-bond donors (Lipinski definition) is 3. The highest BCUT2D eigenvalue weighted by Gasteiger charge is 2.09. The van der Waals surface area contributed by atoms with Crippen LogP contribution in [-0.2, 0) is 24.4 Å². The molecule has 3 amide bonds. The average Bonchev–Trinajstić information content (AvgIpc) is 2.78. The molecule has 3 aromatic rings. The normalized spacial score (nSPS) is 10.2. The smallest absolute Gasteiger partial charge is 0.319 e. The van der Waals surface area contributed by atoms with Gasteiger partial charge in [-0.3, -0.25) is 9.78 Å². The number of carbonyl (C=O) groups is 2. The molecule has 7 heteroatoms. The standard InChI is InChI=1S/C23H24N4O3/c1-24-22(28)14-18-8-2-3-11-21(18)27-23(29)26-15-17-7-6-10-20(13-17)30-16-19-9-4-5-12-25-19/h2-13H,14-16H2,1H3,(H,24,28)(H2,26,27,29). The van der Waals surface area contributed by atoms with Gasteiger partial charge in [0, 0.05) is 25.5 Å². The minimum atomic E-state index is -0.348. The van der Waals surface area contributed by atoms with E-state index in [0.29, 0.717) is 24.6 Å². The predicted molar refractivity (Wildman–Crippen MR) is 115 cm³/mol. The molecule has 0 saturated carbocycles. The van der Waals surface area contributed by atoms with Gasteiger partial charge in [0.25, 0.3) is 0 Å². The summed E-state index contributed by atoms with van der Waals surface area (Å²) in [5, 5.41) is 8.21. The van der Waals surface area contributed by atoms with Gasteiger partial charge in [-0.2, -0.15) is 0 Å². The molecule has 7 nitrogen and oxygen atoms in total. The third-order valence-electron chi connectivity index (χ3n) is 4.36. The number of urea groups is 1. The molecule has 2 aromatic carbocycles. The lowest BCUT2D eigenvalue weighted by Crippen LogP contribution is -2.29. The van der Waals surface area contributed by atoms with E-state index in [-0.39, 0.29) is 18.4 Å². The second-order valence-electron chi connectivity index (χ2n) is 6.57. The fourth-order valence-corrected chi connectivity index (χ4v) is 2.79. The first-order chi connectivity index (χ1) is 14.6. The van der Waals surface area contributed by atoms with E-state index in [1.165, 1.54) is 0 Å². The number of anilines is 1. The fraction of sp³-hybridized carbons (Fsp3) is 0.174. The van der Waals surface area contributed by atoms with Crippen LogP contribution in [0.15, 0.2) is 72.9 Å². The number of carbonyl (C=O) groups excluding carboxylic acids is 2. The van der Waals surface area contributed by atoms with Crippen LogP contribution in [0.2, 0.25) is 0 Å². The van der Waals surface area contributed by atoms with Gasteiger partial charge < -0.3 is 20.7 Å². The Morgan fingerprint density at radius 1 is 1.00 bits per heavy atom. The molecule has 0 radical (unpaired) electrons. The van der Waals surface area contributed by atoms with Crippen molar-refractivity contribution in [3.05, 3.63) is 89.7 Å². The van der Waals surface area contributed by atoms with Gasteiger partial charge in [-0.05, 0) is 41.5 Å². The number of benzene rings is 2. The summed E-state index contributed by atoms with van der Waals surface area (Å²) < 4.78 is 5.77. The van der Waals surface area contributed by atoms with Gasteiger partial charge in [0.05, 0.1) is 12.1 Å². The van der Waals surface area contributed by atoms with Crippen LogP contribution in [0.25, 0.3) is 0 Å². The van der Waals surface area contributed by atoms with Gasteiger partial charge in [0.15, 0.2) is 0 Å². The van der Waals surface area contributed by atoms with Crippen LogP contribution in [0.1, 0.15) is 16.8 Å². The Balaban J connectivity index is 1.53. The summed E-state index contributed by atoms with van der Waals surface area (Å²) in [6.45, 7) is 0.713. The number of nitrogens with one attached hydrogen (secondary N) is 3. The van der Waals surface area contributed by atoms with Crippen LogP contribution >= 0.6 is 0 Å². The lowest BCUT2D eigenvalue weighted by molar-refractivity contribution is -0.119. The van der Waals surface area contributed by atoms with Crippen LogP contribution in [0.5, 0.6) is 5.75 Å². The van der Waals surface area contributed by atoms with E-state index in [9.17, 15) is 9.59 Å². The summed E-state index contributed by atoms with van der Waals surface area (Å²) in [6.07, 6.45) is 1.92. The summed E-state index contributed by atoms with van der Waals surface area (Å²) in [7, 11) is 1.58. The quantitative estimate of drug-likeness (QED) is 0.537. The molecule has 3 N–H and O–H groups in total. The first kappa shape index (κ1) is 20.9. The van der Waals surface area contributed by atoms with E-state index >= 15 is 0 Å². The maximum Gasteiger partial charge on any atom is 0.319 e. The van der Waals surface area contributed by atoms with Gasteiger partial charge >= 0.3 is 6.03 Å². The van der Waals surface area contributed by atoms with Crippen molar-refractivity contribution in [1.29, 1.82) is 0 Å². The number of nitrogens with zero attached hydrogens (tertiary/aromatic N) is 1. The van der Waals surface area contributed by atoms with Gasteiger partial charge in [-0.25, -0.2) is 4.79 Å². The maximum absolute atomic E-state index is 12.3. The van der Waals surface area contributed by atoms with Gasteiger partial charge in [0.2, 0.25) is 5.91 Å². The molecule has 0 aliphatic rings. The van der Waals surface area contributed by atoms with Crippen molar-refractivity contribution in [2.45, 2.75) is 19.6 Å². The van der Waals surface area contributed by atoms with E-state index < -0.39 is 0 Å². The molecule has 0 spiro atoms. The van der Waals surface area contributed by atoms with E-state index in [0.717, 1.165) is 16.8 Å². The number of rotatable bonds is 8. The summed E-state index contributed by atoms with van der Waals surface area (Å²) in [5.41, 5.74) is 3.10. The highest BCUT2D eigenvalue weighted by Crippen LogP contribution is 2.17. The molecule has 154 valence electrons. The second kappa shape index (κ2) is 10.6. The third-order valence-corrected chi connectivity index (χ3v) is 4.36. The van der Waals surface area contributed by atoms with E-state index in [4.69, 9.17) is 4.74 Å². The second-order valence-corrected chi connectivity index (χ2v) is 6.57. The molecule has 1 heterocycles. The zero-order chi connectivity index (χ0) is 21.2. The number of ether oxygens (including phenoxy) is 1. The Morgan fingerprint density at radius 3 is 2.63 bits per heavy atom. The molecule has 3 rings (SSSR count). The van der Waals surface area contributed by atoms with Crippen LogP contribution in [-0.4, -0.2) is 24.0 Å². The summed E-state index contributed by atoms with van der Waals surface area (Å²) in [6, 6.07) is 20.1. The van der Waals surface area contributed by atoms with E-state index in [1.54, 1.807) is 19.3 Å². The van der Waals surface area contributed by atoms with Crippen LogP contribution in [0.4, 0.5) is 10.5 Å². The summed E-state index contributed by atoms with van der Waals surface area (Å²) >= 11 is 0. The Labute approximate surface area is 175 Å². The maximum atomic E-state index is 12.3. The molecule has 0 atom stereocenters. The van der Waals surface area contributed by atoms with Crippen molar-refractivity contribution in [1.82, 2.24) is 15.6 Å². The van der Waals surface area contributed by atoms with Crippen molar-refractivity contribution >= 4 is 17.6 Å². The van der Waals surface area contributed by atoms with Crippen molar-refractivity contribution in [2.75, 3.05) is 12.4 Å². The molecule has 0 fully saturated rings. The topological polar surface area (TPSA) is 92.4 Å². The van der Waals surface area contributed by atoms with Crippen molar-refractivity contribution in [3.8, 4) is 5.75 Å². The van der Waals surface area contributed by atoms with Gasteiger partial charge in [-0.1, -0.05) is 36.4 Å². The molecular weight excluding hydrogens is 380 g/mol. The van der Waals surface area contributed by atoms with Crippen molar-refractivity contribution < 1.29 is 14.3 Å². The lowest BCUT2D eigenvalue weighted by atomic mass is 10.1. The number of hydrogen-bond acceptors (Lipinski definition) is 4. The SMILES string of the molecule is CNC(=O)Cc1ccccc1NC(=O)NCc1cccc(OCc2ccccn2)c1. The van der Waals surface area contributed by atoms with Crippen molar-refractivity contribution in [3.63, 3.8) is 0 Å². The average molecular weight is 404 g/mol. The molecule has 0 aliphatic carbocycles. The molecule has 1 aromatic heterocycles. The number of pyridine rings is 1. The summed E-state index contributed by atoms with van der Waals surface area (Å²) in [5.74, 6) is 0.587. The molecule has 30 heavy (non-hydrogen) atoms. The first-order valence-electron chi connectivity index (χ1n) is 9.59. The molecule has 0 saturated heterocycles. The number of likely N-dealkylation sites (N-methyl/N-ethyl adjacent to an activating group) is 1. The summed E-state index contributed by atoms with van der Waals surface area (Å²) in [4.78, 5) is 28.2. The highest BCUT2D eigenvalue weighted by atomic mass is 16.5. The third kappa shape index (κ3) is 6.34. The first-order valence-corrected chi connectivity index (χ1v) is 9.59. The Kier molecular flexibility index (Phi) is 7.38. The Bertz CT molecular complexity index is 993. The fourth-order valence-electron chi connectivity index (χ4n) is 2.79. The van der Waals surface area contributed by atoms with Crippen molar-refractivity contribution in [2.24, 2.45) is 0 Å². The van der Waals surface area contributed by atoms with Gasteiger partial charge in [0.1, 0.15) is 12.4 Å². The minimum Gasteiger partial charge on any atom is -0.487 e. The van der Waals surface area contributed by atoms with Gasteiger partial charge in [-0.15, -0.1) is 0 Å².